The third kappa shape index (κ3) is 2.47. The van der Waals surface area contributed by atoms with Crippen molar-refractivity contribution in [2.75, 3.05) is 6.61 Å². The summed E-state index contributed by atoms with van der Waals surface area (Å²) in [6.45, 7) is 6.54. The molecule has 4 atom stereocenters. The van der Waals surface area contributed by atoms with Crippen molar-refractivity contribution in [3.63, 3.8) is 0 Å². The predicted octanol–water partition coefficient (Wildman–Crippen LogP) is 0.939. The Morgan fingerprint density at radius 2 is 2.05 bits per heavy atom. The lowest BCUT2D eigenvalue weighted by Gasteiger charge is -2.58. The Labute approximate surface area is 121 Å². The summed E-state index contributed by atoms with van der Waals surface area (Å²) in [5, 5.41) is 12.9. The smallest absolute Gasteiger partial charge is 0.241 e. The Kier molecular flexibility index (Phi) is 4.42. The van der Waals surface area contributed by atoms with Gasteiger partial charge < -0.3 is 20.9 Å². The van der Waals surface area contributed by atoms with Crippen molar-refractivity contribution in [2.45, 2.75) is 76.7 Å². The van der Waals surface area contributed by atoms with Crippen LogP contribution in [-0.4, -0.2) is 41.4 Å². The highest BCUT2D eigenvalue weighted by Crippen LogP contribution is 2.49. The number of nitrogens with one attached hydrogen (secondary N) is 1. The van der Waals surface area contributed by atoms with E-state index in [1.54, 1.807) is 0 Å². The Balaban J connectivity index is 1.98. The summed E-state index contributed by atoms with van der Waals surface area (Å²) in [7, 11) is 0. The van der Waals surface area contributed by atoms with Crippen molar-refractivity contribution in [3.8, 4) is 0 Å². The average Bonchev–Trinajstić information content (AvgIpc) is 2.40. The van der Waals surface area contributed by atoms with Crippen LogP contribution in [0, 0.1) is 5.41 Å². The number of carbonyl (C=O) groups is 1. The van der Waals surface area contributed by atoms with Crippen LogP contribution in [0.25, 0.3) is 0 Å². The van der Waals surface area contributed by atoms with Crippen LogP contribution in [0.15, 0.2) is 0 Å². The molecule has 2 saturated carbocycles. The molecule has 1 amide bonds. The molecule has 2 aliphatic carbocycles. The van der Waals surface area contributed by atoms with E-state index < -0.39 is 11.6 Å². The van der Waals surface area contributed by atoms with E-state index in [4.69, 9.17) is 10.5 Å². The number of carbonyl (C=O) groups excluding carboxylic acids is 1. The van der Waals surface area contributed by atoms with E-state index in [2.05, 4.69) is 5.32 Å². The molecular weight excluding hydrogens is 256 g/mol. The van der Waals surface area contributed by atoms with Gasteiger partial charge in [-0.1, -0.05) is 26.7 Å². The Hall–Kier alpha value is -0.650. The molecule has 0 aliphatic heterocycles. The van der Waals surface area contributed by atoms with Gasteiger partial charge in [0.25, 0.3) is 0 Å². The third-order valence-corrected chi connectivity index (χ3v) is 5.28. The molecule has 0 heterocycles. The Morgan fingerprint density at radius 3 is 2.60 bits per heavy atom. The maximum atomic E-state index is 12.5. The van der Waals surface area contributed by atoms with Gasteiger partial charge in [-0.3, -0.25) is 4.79 Å². The summed E-state index contributed by atoms with van der Waals surface area (Å²) in [4.78, 5) is 12.5. The average molecular weight is 284 g/mol. The molecule has 2 aliphatic rings. The third-order valence-electron chi connectivity index (χ3n) is 5.28. The number of hydrogen-bond donors (Lipinski definition) is 3. The van der Waals surface area contributed by atoms with E-state index in [0.717, 1.165) is 25.7 Å². The molecule has 0 spiro atoms. The lowest BCUT2D eigenvalue weighted by atomic mass is 9.54. The van der Waals surface area contributed by atoms with Gasteiger partial charge in [0.1, 0.15) is 5.54 Å². The molecule has 116 valence electrons. The number of rotatable bonds is 4. The van der Waals surface area contributed by atoms with Crippen LogP contribution in [-0.2, 0) is 9.53 Å². The summed E-state index contributed by atoms with van der Waals surface area (Å²) in [5.74, 6) is -0.149. The molecule has 0 aromatic carbocycles. The zero-order chi connectivity index (χ0) is 15.0. The molecule has 2 fully saturated rings. The second-order valence-corrected chi connectivity index (χ2v) is 6.77. The number of aliphatic hydroxyl groups is 1. The molecular formula is C15H28N2O3. The van der Waals surface area contributed by atoms with Gasteiger partial charge in [-0.15, -0.1) is 0 Å². The number of amides is 1. The fourth-order valence-corrected chi connectivity index (χ4v) is 3.40. The van der Waals surface area contributed by atoms with Gasteiger partial charge in [0.05, 0.1) is 18.2 Å². The first kappa shape index (κ1) is 15.7. The number of nitrogens with two attached hydrogens (primary N) is 1. The molecule has 5 heteroatoms. The standard InChI is InChI=1S/C15H28N2O3/c1-4-20-12-9-15(16,14(12,2)3)13(19)17-10-7-5-6-8-11(10)18/h10-12,18H,4-9,16H2,1-3H3,(H,17,19)/t10-,11-,12?,15?/m1/s1. The quantitative estimate of drug-likeness (QED) is 0.717. The maximum Gasteiger partial charge on any atom is 0.241 e. The molecule has 4 N–H and O–H groups in total. The lowest BCUT2D eigenvalue weighted by molar-refractivity contribution is -0.172. The van der Waals surface area contributed by atoms with Crippen LogP contribution in [0.1, 0.15) is 52.9 Å². The molecule has 0 aromatic rings. The molecule has 0 bridgehead atoms. The van der Waals surface area contributed by atoms with Crippen LogP contribution in [0.2, 0.25) is 0 Å². The first-order chi connectivity index (χ1) is 9.33. The summed E-state index contributed by atoms with van der Waals surface area (Å²) in [6.07, 6.45) is 3.79. The minimum atomic E-state index is -0.899. The zero-order valence-electron chi connectivity index (χ0n) is 12.8. The van der Waals surface area contributed by atoms with Crippen LogP contribution < -0.4 is 11.1 Å². The van der Waals surface area contributed by atoms with Crippen LogP contribution in [0.3, 0.4) is 0 Å². The van der Waals surface area contributed by atoms with E-state index in [0.29, 0.717) is 13.0 Å². The molecule has 20 heavy (non-hydrogen) atoms. The molecule has 2 rings (SSSR count). The van der Waals surface area contributed by atoms with Crippen molar-refractivity contribution < 1.29 is 14.6 Å². The topological polar surface area (TPSA) is 84.6 Å². The van der Waals surface area contributed by atoms with E-state index in [1.807, 2.05) is 20.8 Å². The minimum Gasteiger partial charge on any atom is -0.391 e. The summed E-state index contributed by atoms with van der Waals surface area (Å²) in [5.41, 5.74) is 5.05. The minimum absolute atomic E-state index is 0.0273. The van der Waals surface area contributed by atoms with Crippen molar-refractivity contribution in [2.24, 2.45) is 11.1 Å². The van der Waals surface area contributed by atoms with Crippen molar-refractivity contribution in [3.05, 3.63) is 0 Å². The molecule has 0 aromatic heterocycles. The van der Waals surface area contributed by atoms with Gasteiger partial charge in [0, 0.05) is 18.4 Å². The number of aliphatic hydroxyl groups excluding tert-OH is 1. The SMILES string of the molecule is CCOC1CC(N)(C(=O)N[C@@H]2CCCC[C@H]2O)C1(C)C. The zero-order valence-corrected chi connectivity index (χ0v) is 12.8. The van der Waals surface area contributed by atoms with Gasteiger partial charge >= 0.3 is 0 Å². The Morgan fingerprint density at radius 1 is 1.40 bits per heavy atom. The summed E-state index contributed by atoms with van der Waals surface area (Å²) >= 11 is 0. The van der Waals surface area contributed by atoms with Crippen LogP contribution in [0.4, 0.5) is 0 Å². The highest BCUT2D eigenvalue weighted by Gasteiger charge is 2.63. The highest BCUT2D eigenvalue weighted by molar-refractivity contribution is 5.89. The van der Waals surface area contributed by atoms with Gasteiger partial charge in [-0.05, 0) is 19.8 Å². The van der Waals surface area contributed by atoms with Crippen molar-refractivity contribution >= 4 is 5.91 Å². The van der Waals surface area contributed by atoms with Crippen molar-refractivity contribution in [1.29, 1.82) is 0 Å². The second kappa shape index (κ2) is 5.62. The fourth-order valence-electron chi connectivity index (χ4n) is 3.40. The Bertz CT molecular complexity index is 372. The monoisotopic (exact) mass is 284 g/mol. The number of ether oxygens (including phenoxy) is 1. The highest BCUT2D eigenvalue weighted by atomic mass is 16.5. The van der Waals surface area contributed by atoms with Crippen LogP contribution in [0.5, 0.6) is 0 Å². The number of hydrogen-bond acceptors (Lipinski definition) is 4. The summed E-state index contributed by atoms with van der Waals surface area (Å²) in [6, 6.07) is -0.154. The van der Waals surface area contributed by atoms with E-state index in [9.17, 15) is 9.90 Å². The lowest BCUT2D eigenvalue weighted by Crippen LogP contribution is -2.76. The first-order valence-electron chi connectivity index (χ1n) is 7.72. The summed E-state index contributed by atoms with van der Waals surface area (Å²) < 4.78 is 5.64. The molecule has 5 nitrogen and oxygen atoms in total. The normalized spacial score (nSPS) is 40.0. The predicted molar refractivity (Wildman–Crippen MR) is 77.1 cm³/mol. The molecule has 0 radical (unpaired) electrons. The van der Waals surface area contributed by atoms with Crippen LogP contribution >= 0.6 is 0 Å². The van der Waals surface area contributed by atoms with Gasteiger partial charge in [0.15, 0.2) is 0 Å². The maximum absolute atomic E-state index is 12.5. The van der Waals surface area contributed by atoms with E-state index >= 15 is 0 Å². The van der Waals surface area contributed by atoms with Gasteiger partial charge in [-0.2, -0.15) is 0 Å². The second-order valence-electron chi connectivity index (χ2n) is 6.77. The first-order valence-corrected chi connectivity index (χ1v) is 7.72. The fraction of sp³-hybridized carbons (Fsp3) is 0.933. The molecule has 0 saturated heterocycles. The van der Waals surface area contributed by atoms with E-state index in [-0.39, 0.29) is 23.5 Å². The molecule has 2 unspecified atom stereocenters. The van der Waals surface area contributed by atoms with Gasteiger partial charge in [0.2, 0.25) is 5.91 Å². The largest absolute Gasteiger partial charge is 0.391 e. The van der Waals surface area contributed by atoms with Crippen molar-refractivity contribution in [1.82, 2.24) is 5.32 Å². The van der Waals surface area contributed by atoms with E-state index in [1.165, 1.54) is 0 Å². The van der Waals surface area contributed by atoms with Gasteiger partial charge in [-0.25, -0.2) is 0 Å².